The fourth-order valence-corrected chi connectivity index (χ4v) is 1.48. The van der Waals surface area contributed by atoms with Crippen LogP contribution in [0.15, 0.2) is 36.5 Å². The zero-order valence-corrected chi connectivity index (χ0v) is 10.1. The van der Waals surface area contributed by atoms with E-state index in [1.807, 2.05) is 31.2 Å². The van der Waals surface area contributed by atoms with Gasteiger partial charge in [0.25, 0.3) is 0 Å². The lowest BCUT2D eigenvalue weighted by Gasteiger charge is -2.08. The molecule has 4 N–H and O–H groups in total. The predicted molar refractivity (Wildman–Crippen MR) is 70.7 cm³/mol. The van der Waals surface area contributed by atoms with Gasteiger partial charge in [-0.05, 0) is 25.1 Å². The number of anilines is 3. The van der Waals surface area contributed by atoms with E-state index in [9.17, 15) is 0 Å². The van der Waals surface area contributed by atoms with E-state index in [0.29, 0.717) is 18.4 Å². The van der Waals surface area contributed by atoms with Gasteiger partial charge in [-0.15, -0.1) is 0 Å². The first-order valence-electron chi connectivity index (χ1n) is 5.61. The summed E-state index contributed by atoms with van der Waals surface area (Å²) in [6.07, 6.45) is 1.62. The van der Waals surface area contributed by atoms with Crippen LogP contribution in [-0.4, -0.2) is 16.6 Å². The van der Waals surface area contributed by atoms with Crippen LogP contribution in [0.25, 0.3) is 0 Å². The minimum absolute atomic E-state index is 0.362. The molecular formula is C12H15N5O. The number of nitrogen functional groups attached to an aromatic ring is 1. The lowest BCUT2D eigenvalue weighted by Crippen LogP contribution is -2.10. The number of ether oxygens (including phenoxy) is 1. The molecule has 0 saturated heterocycles. The maximum Gasteiger partial charge on any atom is 0.239 e. The van der Waals surface area contributed by atoms with Crippen LogP contribution >= 0.6 is 0 Å². The molecule has 2 aromatic rings. The summed E-state index contributed by atoms with van der Waals surface area (Å²) in [7, 11) is 0. The number of hydrogen-bond donors (Lipinski definition) is 3. The molecule has 0 amide bonds. The third kappa shape index (κ3) is 3.08. The van der Waals surface area contributed by atoms with Crippen molar-refractivity contribution in [1.82, 2.24) is 9.97 Å². The molecule has 6 nitrogen and oxygen atoms in total. The van der Waals surface area contributed by atoms with Gasteiger partial charge in [-0.1, -0.05) is 6.07 Å². The lowest BCUT2D eigenvalue weighted by atomic mass is 10.3. The van der Waals surface area contributed by atoms with Crippen LogP contribution in [0.1, 0.15) is 6.92 Å². The standard InChI is InChI=1S/C12H15N5O/c1-2-18-10-5-3-4-9(8-10)15-11-6-7-14-12(16-11)17-13/h3-8H,2,13H2,1H3,(H2,14,15,16,17). The van der Waals surface area contributed by atoms with Crippen molar-refractivity contribution >= 4 is 17.5 Å². The number of rotatable bonds is 5. The summed E-state index contributed by atoms with van der Waals surface area (Å²) < 4.78 is 5.42. The SMILES string of the molecule is CCOc1cccc(Nc2ccnc(NN)n2)c1. The summed E-state index contributed by atoms with van der Waals surface area (Å²) >= 11 is 0. The second kappa shape index (κ2) is 5.83. The van der Waals surface area contributed by atoms with Gasteiger partial charge < -0.3 is 10.1 Å². The molecule has 0 fully saturated rings. The van der Waals surface area contributed by atoms with Gasteiger partial charge in [-0.25, -0.2) is 10.8 Å². The van der Waals surface area contributed by atoms with E-state index in [1.54, 1.807) is 12.3 Å². The zero-order chi connectivity index (χ0) is 12.8. The molecular weight excluding hydrogens is 230 g/mol. The maximum absolute atomic E-state index is 5.42. The molecule has 1 aromatic carbocycles. The monoisotopic (exact) mass is 245 g/mol. The molecule has 0 saturated carbocycles. The summed E-state index contributed by atoms with van der Waals surface area (Å²) in [5.74, 6) is 7.09. The highest BCUT2D eigenvalue weighted by Gasteiger charge is 2.00. The van der Waals surface area contributed by atoms with E-state index in [1.165, 1.54) is 0 Å². The molecule has 6 heteroatoms. The fraction of sp³-hybridized carbons (Fsp3) is 0.167. The second-order valence-electron chi connectivity index (χ2n) is 3.50. The van der Waals surface area contributed by atoms with Crippen molar-refractivity contribution in [3.8, 4) is 5.75 Å². The number of aromatic nitrogens is 2. The van der Waals surface area contributed by atoms with Crippen LogP contribution < -0.4 is 21.3 Å². The highest BCUT2D eigenvalue weighted by Crippen LogP contribution is 2.20. The minimum Gasteiger partial charge on any atom is -0.494 e. The average molecular weight is 245 g/mol. The summed E-state index contributed by atoms with van der Waals surface area (Å²) in [6, 6.07) is 9.41. The van der Waals surface area contributed by atoms with Gasteiger partial charge in [0.05, 0.1) is 6.61 Å². The van der Waals surface area contributed by atoms with E-state index in [2.05, 4.69) is 20.7 Å². The molecule has 0 atom stereocenters. The third-order valence-electron chi connectivity index (χ3n) is 2.20. The van der Waals surface area contributed by atoms with Crippen LogP contribution in [0.2, 0.25) is 0 Å². The highest BCUT2D eigenvalue weighted by molar-refractivity contribution is 5.58. The van der Waals surface area contributed by atoms with Crippen molar-refractivity contribution in [2.24, 2.45) is 5.84 Å². The molecule has 0 unspecified atom stereocenters. The Morgan fingerprint density at radius 2 is 2.22 bits per heavy atom. The van der Waals surface area contributed by atoms with Gasteiger partial charge in [0.2, 0.25) is 5.95 Å². The average Bonchev–Trinajstić information content (AvgIpc) is 2.40. The first kappa shape index (κ1) is 12.1. The summed E-state index contributed by atoms with van der Waals surface area (Å²) in [5, 5.41) is 3.15. The lowest BCUT2D eigenvalue weighted by molar-refractivity contribution is 0.340. The maximum atomic E-state index is 5.42. The Morgan fingerprint density at radius 3 is 3.00 bits per heavy atom. The fourth-order valence-electron chi connectivity index (χ4n) is 1.48. The molecule has 0 aliphatic carbocycles. The van der Waals surface area contributed by atoms with E-state index < -0.39 is 0 Å². The van der Waals surface area contributed by atoms with Crippen LogP contribution in [0.3, 0.4) is 0 Å². The van der Waals surface area contributed by atoms with Crippen molar-refractivity contribution in [3.05, 3.63) is 36.5 Å². The molecule has 18 heavy (non-hydrogen) atoms. The third-order valence-corrected chi connectivity index (χ3v) is 2.20. The van der Waals surface area contributed by atoms with E-state index in [0.717, 1.165) is 11.4 Å². The summed E-state index contributed by atoms with van der Waals surface area (Å²) in [6.45, 7) is 2.59. The summed E-state index contributed by atoms with van der Waals surface area (Å²) in [4.78, 5) is 8.10. The second-order valence-corrected chi connectivity index (χ2v) is 3.50. The van der Waals surface area contributed by atoms with E-state index in [-0.39, 0.29) is 0 Å². The summed E-state index contributed by atoms with van der Waals surface area (Å²) in [5.41, 5.74) is 3.29. The van der Waals surface area contributed by atoms with Gasteiger partial charge >= 0.3 is 0 Å². The van der Waals surface area contributed by atoms with Crippen LogP contribution in [-0.2, 0) is 0 Å². The van der Waals surface area contributed by atoms with Gasteiger partial charge in [0.1, 0.15) is 11.6 Å². The molecule has 0 spiro atoms. The van der Waals surface area contributed by atoms with Gasteiger partial charge in [-0.3, -0.25) is 5.43 Å². The molecule has 1 heterocycles. The van der Waals surface area contributed by atoms with Gasteiger partial charge in [0.15, 0.2) is 0 Å². The molecule has 0 aliphatic heterocycles. The number of nitrogens with one attached hydrogen (secondary N) is 2. The topological polar surface area (TPSA) is 85.1 Å². The Labute approximate surface area is 105 Å². The minimum atomic E-state index is 0.362. The van der Waals surface area contributed by atoms with Crippen molar-refractivity contribution in [2.75, 3.05) is 17.3 Å². The molecule has 0 radical (unpaired) electrons. The largest absolute Gasteiger partial charge is 0.494 e. The number of nitrogens with two attached hydrogens (primary N) is 1. The normalized spacial score (nSPS) is 9.89. The predicted octanol–water partition coefficient (Wildman–Crippen LogP) is 1.90. The highest BCUT2D eigenvalue weighted by atomic mass is 16.5. The molecule has 1 aromatic heterocycles. The number of hydrogen-bond acceptors (Lipinski definition) is 6. The molecule has 0 aliphatic rings. The number of nitrogens with zero attached hydrogens (tertiary/aromatic N) is 2. The van der Waals surface area contributed by atoms with Crippen LogP contribution in [0.4, 0.5) is 17.5 Å². The van der Waals surface area contributed by atoms with Gasteiger partial charge in [0, 0.05) is 18.0 Å². The van der Waals surface area contributed by atoms with E-state index >= 15 is 0 Å². The molecule has 94 valence electrons. The molecule has 0 bridgehead atoms. The van der Waals surface area contributed by atoms with Crippen molar-refractivity contribution < 1.29 is 4.74 Å². The van der Waals surface area contributed by atoms with Crippen molar-refractivity contribution in [3.63, 3.8) is 0 Å². The van der Waals surface area contributed by atoms with Crippen LogP contribution in [0, 0.1) is 0 Å². The van der Waals surface area contributed by atoms with E-state index in [4.69, 9.17) is 10.6 Å². The smallest absolute Gasteiger partial charge is 0.239 e. The zero-order valence-electron chi connectivity index (χ0n) is 10.1. The Kier molecular flexibility index (Phi) is 3.93. The number of hydrazine groups is 1. The first-order chi connectivity index (χ1) is 8.81. The van der Waals surface area contributed by atoms with Crippen molar-refractivity contribution in [1.29, 1.82) is 0 Å². The first-order valence-corrected chi connectivity index (χ1v) is 5.61. The Hall–Kier alpha value is -2.34. The Bertz CT molecular complexity index is 517. The quantitative estimate of drug-likeness (QED) is 0.551. The Balaban J connectivity index is 2.14. The number of benzene rings is 1. The van der Waals surface area contributed by atoms with Crippen LogP contribution in [0.5, 0.6) is 5.75 Å². The van der Waals surface area contributed by atoms with Crippen molar-refractivity contribution in [2.45, 2.75) is 6.92 Å². The Morgan fingerprint density at radius 1 is 1.33 bits per heavy atom. The van der Waals surface area contributed by atoms with Gasteiger partial charge in [-0.2, -0.15) is 4.98 Å². The molecule has 2 rings (SSSR count).